The van der Waals surface area contributed by atoms with E-state index in [1.165, 1.54) is 6.26 Å². The zero-order valence-electron chi connectivity index (χ0n) is 13.6. The number of rotatable bonds is 5. The summed E-state index contributed by atoms with van der Waals surface area (Å²) in [6.45, 7) is 0. The van der Waals surface area contributed by atoms with E-state index in [0.29, 0.717) is 29.4 Å². The van der Waals surface area contributed by atoms with E-state index < -0.39 is 11.5 Å². The number of benzene rings is 1. The topological polar surface area (TPSA) is 92.4 Å². The SMILES string of the molecule is O=C(Cc1coc(-c2ccc(Cl)cc2)n1)NC1(C(=O)O)CCCCC1. The molecule has 1 amide bonds. The minimum absolute atomic E-state index is 0.0217. The molecule has 1 saturated carbocycles. The molecule has 0 bridgehead atoms. The molecule has 0 radical (unpaired) electrons. The Bertz CT molecular complexity index is 764. The van der Waals surface area contributed by atoms with Crippen molar-refractivity contribution in [2.24, 2.45) is 0 Å². The number of carbonyl (C=O) groups excluding carboxylic acids is 1. The van der Waals surface area contributed by atoms with Gasteiger partial charge in [-0.05, 0) is 37.1 Å². The van der Waals surface area contributed by atoms with Gasteiger partial charge in [0, 0.05) is 10.6 Å². The van der Waals surface area contributed by atoms with Crippen molar-refractivity contribution in [1.29, 1.82) is 0 Å². The fourth-order valence-electron chi connectivity index (χ4n) is 3.14. The van der Waals surface area contributed by atoms with Crippen LogP contribution in [0.1, 0.15) is 37.8 Å². The lowest BCUT2D eigenvalue weighted by atomic mass is 9.81. The highest BCUT2D eigenvalue weighted by molar-refractivity contribution is 6.30. The first kappa shape index (κ1) is 17.5. The lowest BCUT2D eigenvalue weighted by molar-refractivity contribution is -0.149. The number of nitrogens with zero attached hydrogens (tertiary/aromatic N) is 1. The second kappa shape index (κ2) is 7.27. The molecule has 6 nitrogen and oxygen atoms in total. The number of halogens is 1. The lowest BCUT2D eigenvalue weighted by Gasteiger charge is -2.33. The molecule has 0 aliphatic heterocycles. The van der Waals surface area contributed by atoms with E-state index in [-0.39, 0.29) is 12.3 Å². The van der Waals surface area contributed by atoms with Crippen LogP contribution in [0.5, 0.6) is 0 Å². The lowest BCUT2D eigenvalue weighted by Crippen LogP contribution is -2.56. The summed E-state index contributed by atoms with van der Waals surface area (Å²) in [6, 6.07) is 7.01. The first-order chi connectivity index (χ1) is 12.0. The van der Waals surface area contributed by atoms with Gasteiger partial charge in [0.05, 0.1) is 12.1 Å². The fourth-order valence-corrected chi connectivity index (χ4v) is 3.26. The quantitative estimate of drug-likeness (QED) is 0.849. The number of aliphatic carboxylic acids is 1. The summed E-state index contributed by atoms with van der Waals surface area (Å²) in [5, 5.41) is 12.8. The first-order valence-electron chi connectivity index (χ1n) is 8.23. The van der Waals surface area contributed by atoms with Gasteiger partial charge in [0.25, 0.3) is 0 Å². The molecule has 0 unspecified atom stereocenters. The molecule has 1 aliphatic rings. The van der Waals surface area contributed by atoms with Gasteiger partial charge in [-0.1, -0.05) is 30.9 Å². The van der Waals surface area contributed by atoms with Gasteiger partial charge in [-0.25, -0.2) is 9.78 Å². The Morgan fingerprint density at radius 3 is 2.52 bits per heavy atom. The Morgan fingerprint density at radius 2 is 1.88 bits per heavy atom. The summed E-state index contributed by atoms with van der Waals surface area (Å²) in [6.07, 6.45) is 4.92. The molecule has 1 heterocycles. The highest BCUT2D eigenvalue weighted by Crippen LogP contribution is 2.28. The van der Waals surface area contributed by atoms with Crippen LogP contribution in [-0.2, 0) is 16.0 Å². The number of aromatic nitrogens is 1. The Hall–Kier alpha value is -2.34. The number of carboxylic acids is 1. The van der Waals surface area contributed by atoms with Crippen molar-refractivity contribution >= 4 is 23.5 Å². The van der Waals surface area contributed by atoms with Gasteiger partial charge in [0.2, 0.25) is 11.8 Å². The van der Waals surface area contributed by atoms with Crippen LogP contribution >= 0.6 is 11.6 Å². The number of amides is 1. The largest absolute Gasteiger partial charge is 0.480 e. The van der Waals surface area contributed by atoms with Crippen molar-refractivity contribution in [3.63, 3.8) is 0 Å². The molecule has 1 aliphatic carbocycles. The zero-order valence-corrected chi connectivity index (χ0v) is 14.4. The highest BCUT2D eigenvalue weighted by atomic mass is 35.5. The molecule has 132 valence electrons. The van der Waals surface area contributed by atoms with Gasteiger partial charge in [0.1, 0.15) is 11.8 Å². The zero-order chi connectivity index (χ0) is 17.9. The van der Waals surface area contributed by atoms with Crippen molar-refractivity contribution in [3.8, 4) is 11.5 Å². The summed E-state index contributed by atoms with van der Waals surface area (Å²) in [7, 11) is 0. The van der Waals surface area contributed by atoms with Crippen LogP contribution in [0.4, 0.5) is 0 Å². The normalized spacial score (nSPS) is 16.4. The van der Waals surface area contributed by atoms with E-state index in [4.69, 9.17) is 16.0 Å². The maximum Gasteiger partial charge on any atom is 0.329 e. The molecule has 3 rings (SSSR count). The summed E-state index contributed by atoms with van der Waals surface area (Å²) in [5.41, 5.74) is 0.0575. The minimum atomic E-state index is -1.15. The van der Waals surface area contributed by atoms with Crippen LogP contribution < -0.4 is 5.32 Å². The van der Waals surface area contributed by atoms with E-state index >= 15 is 0 Å². The smallest absolute Gasteiger partial charge is 0.329 e. The molecule has 0 spiro atoms. The fraction of sp³-hybridized carbons (Fsp3) is 0.389. The van der Waals surface area contributed by atoms with Crippen molar-refractivity contribution in [2.45, 2.75) is 44.1 Å². The predicted octanol–water partition coefficient (Wildman–Crippen LogP) is 3.44. The molecular formula is C18H19ClN2O4. The van der Waals surface area contributed by atoms with Crippen molar-refractivity contribution in [2.75, 3.05) is 0 Å². The Kier molecular flexibility index (Phi) is 5.08. The Morgan fingerprint density at radius 1 is 1.20 bits per heavy atom. The van der Waals surface area contributed by atoms with Crippen LogP contribution in [0.15, 0.2) is 34.9 Å². The molecule has 25 heavy (non-hydrogen) atoms. The molecule has 1 aromatic carbocycles. The second-order valence-corrected chi connectivity index (χ2v) is 6.76. The Balaban J connectivity index is 1.67. The minimum Gasteiger partial charge on any atom is -0.480 e. The number of carboxylic acid groups (broad SMARTS) is 1. The predicted molar refractivity (Wildman–Crippen MR) is 92.2 cm³/mol. The maximum atomic E-state index is 12.3. The highest BCUT2D eigenvalue weighted by Gasteiger charge is 2.40. The molecule has 1 aromatic heterocycles. The number of nitrogens with one attached hydrogen (secondary N) is 1. The van der Waals surface area contributed by atoms with Crippen LogP contribution in [0.2, 0.25) is 5.02 Å². The molecule has 2 aromatic rings. The third-order valence-corrected chi connectivity index (χ3v) is 4.73. The summed E-state index contributed by atoms with van der Waals surface area (Å²) >= 11 is 5.85. The molecular weight excluding hydrogens is 344 g/mol. The summed E-state index contributed by atoms with van der Waals surface area (Å²) in [5.74, 6) is -0.937. The summed E-state index contributed by atoms with van der Waals surface area (Å²) in [4.78, 5) is 28.2. The number of hydrogen-bond acceptors (Lipinski definition) is 4. The van der Waals surface area contributed by atoms with Gasteiger partial charge in [-0.15, -0.1) is 0 Å². The average molecular weight is 363 g/mol. The second-order valence-electron chi connectivity index (χ2n) is 6.32. The number of hydrogen-bond donors (Lipinski definition) is 2. The molecule has 2 N–H and O–H groups in total. The van der Waals surface area contributed by atoms with Gasteiger partial charge >= 0.3 is 5.97 Å². The standard InChI is InChI=1S/C18H19ClN2O4/c19-13-6-4-12(5-7-13)16-20-14(11-25-16)10-15(22)21-18(17(23)24)8-2-1-3-9-18/h4-7,11H,1-3,8-10H2,(H,21,22)(H,23,24). The van der Waals surface area contributed by atoms with Crippen molar-refractivity contribution in [3.05, 3.63) is 41.2 Å². The van der Waals surface area contributed by atoms with Crippen LogP contribution in [-0.4, -0.2) is 27.5 Å². The van der Waals surface area contributed by atoms with Gasteiger partial charge in [-0.2, -0.15) is 0 Å². The molecule has 0 saturated heterocycles. The van der Waals surface area contributed by atoms with E-state index in [9.17, 15) is 14.7 Å². The molecule has 7 heteroatoms. The molecule has 0 atom stereocenters. The van der Waals surface area contributed by atoms with Crippen molar-refractivity contribution < 1.29 is 19.1 Å². The maximum absolute atomic E-state index is 12.3. The van der Waals surface area contributed by atoms with E-state index in [1.807, 2.05) is 0 Å². The van der Waals surface area contributed by atoms with Gasteiger partial charge < -0.3 is 14.8 Å². The number of carbonyl (C=O) groups is 2. The van der Waals surface area contributed by atoms with Crippen LogP contribution in [0.3, 0.4) is 0 Å². The van der Waals surface area contributed by atoms with E-state index in [0.717, 1.165) is 24.8 Å². The van der Waals surface area contributed by atoms with Crippen molar-refractivity contribution in [1.82, 2.24) is 10.3 Å². The van der Waals surface area contributed by atoms with Gasteiger partial charge in [0.15, 0.2) is 0 Å². The van der Waals surface area contributed by atoms with Crippen LogP contribution in [0.25, 0.3) is 11.5 Å². The van der Waals surface area contributed by atoms with Gasteiger partial charge in [-0.3, -0.25) is 4.79 Å². The number of oxazole rings is 1. The third kappa shape index (κ3) is 4.02. The monoisotopic (exact) mass is 362 g/mol. The molecule has 1 fully saturated rings. The Labute approximate surface area is 150 Å². The summed E-state index contributed by atoms with van der Waals surface area (Å²) < 4.78 is 5.40. The first-order valence-corrected chi connectivity index (χ1v) is 8.61. The average Bonchev–Trinajstić information content (AvgIpc) is 3.04. The third-order valence-electron chi connectivity index (χ3n) is 4.48. The van der Waals surface area contributed by atoms with E-state index in [1.54, 1.807) is 24.3 Å². The van der Waals surface area contributed by atoms with Crippen LogP contribution in [0, 0.1) is 0 Å². The van der Waals surface area contributed by atoms with E-state index in [2.05, 4.69) is 10.3 Å².